The Kier molecular flexibility index (Phi) is 11.4. The molecule has 6 nitrogen and oxygen atoms in total. The molecule has 5 aromatic rings. The minimum absolute atomic E-state index is 0.00369. The molecule has 2 fully saturated rings. The van der Waals surface area contributed by atoms with Gasteiger partial charge in [-0.25, -0.2) is 0 Å². The van der Waals surface area contributed by atoms with Gasteiger partial charge in [-0.2, -0.15) is 0 Å². The highest BCUT2D eigenvalue weighted by atomic mass is 16.6. The Labute approximate surface area is 320 Å². The summed E-state index contributed by atoms with van der Waals surface area (Å²) in [5, 5.41) is 0. The van der Waals surface area contributed by atoms with Gasteiger partial charge in [0.25, 0.3) is 0 Å². The van der Waals surface area contributed by atoms with Crippen LogP contribution in [0.5, 0.6) is 11.5 Å². The Bertz CT molecular complexity index is 1940. The molecule has 1 aliphatic carbocycles. The van der Waals surface area contributed by atoms with Crippen molar-refractivity contribution in [2.75, 3.05) is 13.7 Å². The fourth-order valence-electron chi connectivity index (χ4n) is 8.30. The first-order chi connectivity index (χ1) is 26.6. The molecule has 54 heavy (non-hydrogen) atoms. The maximum atomic E-state index is 7.11. The van der Waals surface area contributed by atoms with Crippen LogP contribution in [-0.2, 0) is 51.6 Å². The summed E-state index contributed by atoms with van der Waals surface area (Å²) in [6.07, 6.45) is 5.25. The Morgan fingerprint density at radius 3 is 1.94 bits per heavy atom. The standard InChI is InChI=1S/C48H52O6/c1-34-44(33-50-30-35-13-6-3-7-14-35)53-46(47(52-32-37-17-10-5-11-18-37)45(34)51-31-36-15-8-4-9-16-36)40-20-22-42(49-2)41(29-40)28-38-19-21-43-39(27-38)23-26-48(54-43)24-12-25-48/h3-11,13-22,27,29,34,44-47H,12,23-26,28,30-33H2,1-2H3/t34-,44?,45?,46?,47-/m1/s1. The lowest BCUT2D eigenvalue weighted by molar-refractivity contribution is -0.243. The average molecular weight is 725 g/mol. The quantitative estimate of drug-likeness (QED) is 0.114. The molecule has 0 amide bonds. The molecule has 280 valence electrons. The summed E-state index contributed by atoms with van der Waals surface area (Å²) in [6, 6.07) is 44.1. The number of ether oxygens (including phenoxy) is 6. The molecule has 3 unspecified atom stereocenters. The highest BCUT2D eigenvalue weighted by Crippen LogP contribution is 2.45. The van der Waals surface area contributed by atoms with E-state index < -0.39 is 6.10 Å². The van der Waals surface area contributed by atoms with E-state index in [1.165, 1.54) is 30.4 Å². The molecule has 2 aliphatic heterocycles. The van der Waals surface area contributed by atoms with Crippen molar-refractivity contribution in [3.8, 4) is 11.5 Å². The zero-order valence-corrected chi connectivity index (χ0v) is 31.5. The van der Waals surface area contributed by atoms with E-state index in [0.717, 1.165) is 58.6 Å². The molecule has 0 aromatic heterocycles. The van der Waals surface area contributed by atoms with Crippen LogP contribution in [0.2, 0.25) is 0 Å². The van der Waals surface area contributed by atoms with Gasteiger partial charge in [0.1, 0.15) is 29.3 Å². The molecule has 0 bridgehead atoms. The van der Waals surface area contributed by atoms with Gasteiger partial charge in [0.05, 0.1) is 45.7 Å². The fourth-order valence-corrected chi connectivity index (χ4v) is 8.30. The van der Waals surface area contributed by atoms with Crippen LogP contribution in [0.1, 0.15) is 77.7 Å². The van der Waals surface area contributed by atoms with Crippen LogP contribution in [0.4, 0.5) is 0 Å². The SMILES string of the molecule is COc1ccc(C2OC(COCc3ccccc3)[C@@H](C)C(OCc3ccccc3)[C@H]2OCc2ccccc2)cc1Cc1ccc2c(c1)CCC1(CCC1)O2. The first-order valence-electron chi connectivity index (χ1n) is 19.6. The van der Waals surface area contributed by atoms with Crippen molar-refractivity contribution in [3.05, 3.63) is 166 Å². The molecule has 0 radical (unpaired) electrons. The Hall–Kier alpha value is -4.46. The minimum atomic E-state index is -0.406. The van der Waals surface area contributed by atoms with Crippen molar-refractivity contribution >= 4 is 0 Å². The molecule has 8 rings (SSSR count). The molecule has 2 heterocycles. The van der Waals surface area contributed by atoms with Crippen molar-refractivity contribution in [2.24, 2.45) is 5.92 Å². The van der Waals surface area contributed by atoms with Gasteiger partial charge >= 0.3 is 0 Å². The van der Waals surface area contributed by atoms with Gasteiger partial charge in [-0.15, -0.1) is 0 Å². The normalized spacial score (nSPS) is 22.9. The van der Waals surface area contributed by atoms with E-state index in [-0.39, 0.29) is 29.8 Å². The second kappa shape index (κ2) is 16.9. The fraction of sp³-hybridized carbons (Fsp3) is 0.375. The lowest BCUT2D eigenvalue weighted by atomic mass is 9.74. The highest BCUT2D eigenvalue weighted by Gasteiger charge is 2.46. The Balaban J connectivity index is 1.09. The van der Waals surface area contributed by atoms with Gasteiger partial charge in [-0.3, -0.25) is 0 Å². The van der Waals surface area contributed by atoms with E-state index in [2.05, 4.69) is 91.9 Å². The van der Waals surface area contributed by atoms with Crippen LogP contribution >= 0.6 is 0 Å². The molecule has 5 aromatic carbocycles. The average Bonchev–Trinajstić information content (AvgIpc) is 3.20. The van der Waals surface area contributed by atoms with Gasteiger partial charge in [0.2, 0.25) is 0 Å². The molecule has 5 atom stereocenters. The predicted octanol–water partition coefficient (Wildman–Crippen LogP) is 10.00. The zero-order valence-electron chi connectivity index (χ0n) is 31.5. The molecule has 1 saturated carbocycles. The van der Waals surface area contributed by atoms with E-state index in [1.54, 1.807) is 7.11 Å². The van der Waals surface area contributed by atoms with E-state index >= 15 is 0 Å². The summed E-state index contributed by atoms with van der Waals surface area (Å²) in [5.74, 6) is 1.90. The van der Waals surface area contributed by atoms with Gasteiger partial charge in [0.15, 0.2) is 0 Å². The maximum Gasteiger partial charge on any atom is 0.123 e. The number of benzene rings is 5. The third kappa shape index (κ3) is 8.43. The molecular weight excluding hydrogens is 673 g/mol. The van der Waals surface area contributed by atoms with Gasteiger partial charge in [0, 0.05) is 12.3 Å². The van der Waals surface area contributed by atoms with Crippen molar-refractivity contribution in [1.82, 2.24) is 0 Å². The molecule has 3 aliphatic rings. The minimum Gasteiger partial charge on any atom is -0.496 e. The van der Waals surface area contributed by atoms with Gasteiger partial charge in [-0.1, -0.05) is 116 Å². The number of hydrogen-bond acceptors (Lipinski definition) is 6. The van der Waals surface area contributed by atoms with Crippen LogP contribution in [0, 0.1) is 5.92 Å². The highest BCUT2D eigenvalue weighted by molar-refractivity contribution is 5.45. The number of aryl methyl sites for hydroxylation is 1. The molecule has 1 spiro atoms. The largest absolute Gasteiger partial charge is 0.496 e. The van der Waals surface area contributed by atoms with Gasteiger partial charge < -0.3 is 28.4 Å². The van der Waals surface area contributed by atoms with Crippen molar-refractivity contribution in [3.63, 3.8) is 0 Å². The molecule has 6 heteroatoms. The zero-order chi connectivity index (χ0) is 36.7. The van der Waals surface area contributed by atoms with E-state index in [0.29, 0.717) is 26.4 Å². The lowest BCUT2D eigenvalue weighted by Crippen LogP contribution is -2.53. The summed E-state index contributed by atoms with van der Waals surface area (Å²) in [4.78, 5) is 0. The maximum absolute atomic E-state index is 7.11. The number of hydrogen-bond donors (Lipinski definition) is 0. The summed E-state index contributed by atoms with van der Waals surface area (Å²) < 4.78 is 39.7. The predicted molar refractivity (Wildman–Crippen MR) is 211 cm³/mol. The third-order valence-corrected chi connectivity index (χ3v) is 11.6. The van der Waals surface area contributed by atoms with Crippen LogP contribution in [0.15, 0.2) is 127 Å². The van der Waals surface area contributed by atoms with Crippen molar-refractivity contribution in [2.45, 2.75) is 95.3 Å². The molecular formula is C48H52O6. The van der Waals surface area contributed by atoms with Crippen LogP contribution in [0.3, 0.4) is 0 Å². The Morgan fingerprint density at radius 2 is 1.31 bits per heavy atom. The summed E-state index contributed by atoms with van der Waals surface area (Å²) in [5.41, 5.74) is 8.12. The summed E-state index contributed by atoms with van der Waals surface area (Å²) in [6.45, 7) is 4.07. The summed E-state index contributed by atoms with van der Waals surface area (Å²) in [7, 11) is 1.75. The van der Waals surface area contributed by atoms with Crippen molar-refractivity contribution in [1.29, 1.82) is 0 Å². The Morgan fingerprint density at radius 1 is 0.667 bits per heavy atom. The van der Waals surface area contributed by atoms with E-state index in [9.17, 15) is 0 Å². The topological polar surface area (TPSA) is 55.4 Å². The lowest BCUT2D eigenvalue weighted by Gasteiger charge is -2.46. The molecule has 0 N–H and O–H groups in total. The first-order valence-corrected chi connectivity index (χ1v) is 19.6. The number of methoxy groups -OCH3 is 1. The smallest absolute Gasteiger partial charge is 0.123 e. The van der Waals surface area contributed by atoms with Gasteiger partial charge in [-0.05, 0) is 89.2 Å². The number of rotatable bonds is 14. The van der Waals surface area contributed by atoms with E-state index in [4.69, 9.17) is 28.4 Å². The monoisotopic (exact) mass is 724 g/mol. The van der Waals surface area contributed by atoms with Crippen molar-refractivity contribution < 1.29 is 28.4 Å². The molecule has 1 saturated heterocycles. The van der Waals surface area contributed by atoms with Crippen LogP contribution < -0.4 is 9.47 Å². The van der Waals surface area contributed by atoms with E-state index in [1.807, 2.05) is 42.5 Å². The second-order valence-electron chi connectivity index (χ2n) is 15.3. The third-order valence-electron chi connectivity index (χ3n) is 11.6. The first kappa shape index (κ1) is 36.5. The second-order valence-corrected chi connectivity index (χ2v) is 15.3. The van der Waals surface area contributed by atoms with Crippen LogP contribution in [-0.4, -0.2) is 37.6 Å². The number of fused-ring (bicyclic) bond motifs is 1. The summed E-state index contributed by atoms with van der Waals surface area (Å²) >= 11 is 0. The van der Waals surface area contributed by atoms with Crippen LogP contribution in [0.25, 0.3) is 0 Å².